The Balaban J connectivity index is 0.996. The summed E-state index contributed by atoms with van der Waals surface area (Å²) in [4.78, 5) is 2.36. The molecule has 12 rings (SSSR count). The molecule has 1 aromatic heterocycles. The predicted octanol–water partition coefficient (Wildman–Crippen LogP) is 15.4. The van der Waals surface area contributed by atoms with Crippen molar-refractivity contribution in [3.05, 3.63) is 265 Å². The molecule has 2 nitrogen and oxygen atoms in total. The zero-order valence-electron chi connectivity index (χ0n) is 33.5. The van der Waals surface area contributed by atoms with Crippen molar-refractivity contribution in [2.24, 2.45) is 0 Å². The van der Waals surface area contributed by atoms with Crippen molar-refractivity contribution in [1.29, 1.82) is 0 Å². The molecule has 1 aliphatic carbocycles. The van der Waals surface area contributed by atoms with Crippen LogP contribution >= 0.6 is 0 Å². The van der Waals surface area contributed by atoms with Gasteiger partial charge in [-0.25, -0.2) is 0 Å². The summed E-state index contributed by atoms with van der Waals surface area (Å²) in [5, 5.41) is 4.92. The molecule has 0 radical (unpaired) electrons. The van der Waals surface area contributed by atoms with Crippen LogP contribution in [0.15, 0.2) is 243 Å². The molecule has 2 heteroatoms. The molecular weight excluding hydrogens is 737 g/mol. The highest BCUT2D eigenvalue weighted by atomic mass is 15.1. The number of nitrogens with zero attached hydrogens (tertiary/aromatic N) is 2. The standard InChI is InChI=1S/C59H40N2/c1-4-19-44(20-5-1)59(45-21-6-2-7-22-45)54-28-14-12-26-50(54)51-37-36-48(40-55(51)59)61-57-29-15-13-27-52(57)53-39-43(33-38-58(53)61)41-31-34-47(35-32-41)60(46-23-8-3-9-24-46)56-30-16-18-42-17-10-11-25-49(42)56/h1-40H. The van der Waals surface area contributed by atoms with Gasteiger partial charge in [0.2, 0.25) is 0 Å². The number of rotatable bonds is 7. The maximum absolute atomic E-state index is 2.46. The lowest BCUT2D eigenvalue weighted by Gasteiger charge is -2.34. The van der Waals surface area contributed by atoms with Crippen LogP contribution < -0.4 is 4.90 Å². The van der Waals surface area contributed by atoms with Crippen molar-refractivity contribution in [3.63, 3.8) is 0 Å². The second-order valence-corrected chi connectivity index (χ2v) is 16.1. The number of para-hydroxylation sites is 2. The lowest BCUT2D eigenvalue weighted by Crippen LogP contribution is -2.28. The topological polar surface area (TPSA) is 8.17 Å². The van der Waals surface area contributed by atoms with E-state index in [9.17, 15) is 0 Å². The second-order valence-electron chi connectivity index (χ2n) is 16.1. The summed E-state index contributed by atoms with van der Waals surface area (Å²) < 4.78 is 2.46. The van der Waals surface area contributed by atoms with Crippen molar-refractivity contribution in [2.45, 2.75) is 5.41 Å². The number of aromatic nitrogens is 1. The number of anilines is 3. The van der Waals surface area contributed by atoms with Crippen molar-refractivity contribution in [3.8, 4) is 27.9 Å². The lowest BCUT2D eigenvalue weighted by molar-refractivity contribution is 0.767. The molecule has 1 heterocycles. The average Bonchev–Trinajstić information content (AvgIpc) is 3.83. The Morgan fingerprint density at radius 3 is 1.69 bits per heavy atom. The molecule has 0 fully saturated rings. The number of benzene rings is 10. The Labute approximate surface area is 355 Å². The van der Waals surface area contributed by atoms with E-state index in [2.05, 4.69) is 252 Å². The highest BCUT2D eigenvalue weighted by molar-refractivity contribution is 6.10. The van der Waals surface area contributed by atoms with Crippen molar-refractivity contribution in [2.75, 3.05) is 4.90 Å². The van der Waals surface area contributed by atoms with Crippen molar-refractivity contribution < 1.29 is 0 Å². The van der Waals surface area contributed by atoms with E-state index in [4.69, 9.17) is 0 Å². The molecule has 286 valence electrons. The van der Waals surface area contributed by atoms with Gasteiger partial charge < -0.3 is 9.47 Å². The van der Waals surface area contributed by atoms with Gasteiger partial charge in [0.05, 0.1) is 22.1 Å². The van der Waals surface area contributed by atoms with Crippen LogP contribution in [0, 0.1) is 0 Å². The Hall–Kier alpha value is -7.94. The Morgan fingerprint density at radius 2 is 0.918 bits per heavy atom. The van der Waals surface area contributed by atoms with Gasteiger partial charge in [0.15, 0.2) is 0 Å². The van der Waals surface area contributed by atoms with E-state index in [1.54, 1.807) is 0 Å². The van der Waals surface area contributed by atoms with Gasteiger partial charge in [0.25, 0.3) is 0 Å². The van der Waals surface area contributed by atoms with Gasteiger partial charge >= 0.3 is 0 Å². The van der Waals surface area contributed by atoms with E-state index in [0.717, 1.165) is 22.7 Å². The van der Waals surface area contributed by atoms with Crippen molar-refractivity contribution in [1.82, 2.24) is 4.57 Å². The molecule has 0 saturated carbocycles. The first-order valence-corrected chi connectivity index (χ1v) is 21.1. The molecule has 0 unspecified atom stereocenters. The fraction of sp³-hybridized carbons (Fsp3) is 0.0169. The van der Waals surface area contributed by atoms with Gasteiger partial charge in [-0.1, -0.05) is 182 Å². The maximum Gasteiger partial charge on any atom is 0.0714 e. The van der Waals surface area contributed by atoms with Crippen LogP contribution in [0.4, 0.5) is 17.1 Å². The SMILES string of the molecule is c1ccc(N(c2ccc(-c3ccc4c(c3)c3ccccc3n4-c3ccc4c(c3)C(c3ccccc3)(c3ccccc3)c3ccccc3-4)cc2)c2cccc3ccccc23)cc1. The van der Waals surface area contributed by atoms with E-state index in [1.807, 2.05) is 0 Å². The van der Waals surface area contributed by atoms with Crippen molar-refractivity contribution >= 4 is 49.6 Å². The fourth-order valence-corrected chi connectivity index (χ4v) is 10.2. The molecule has 0 saturated heterocycles. The fourth-order valence-electron chi connectivity index (χ4n) is 10.2. The van der Waals surface area contributed by atoms with E-state index >= 15 is 0 Å². The number of fused-ring (bicyclic) bond motifs is 7. The monoisotopic (exact) mass is 776 g/mol. The molecule has 1 aliphatic rings. The van der Waals surface area contributed by atoms with E-state index in [0.29, 0.717) is 0 Å². The van der Waals surface area contributed by atoms with Gasteiger partial charge in [-0.05, 0) is 111 Å². The largest absolute Gasteiger partial charge is 0.310 e. The third-order valence-electron chi connectivity index (χ3n) is 12.9. The Bertz CT molecular complexity index is 3360. The van der Waals surface area contributed by atoms with E-state index in [1.165, 1.54) is 77.1 Å². The molecule has 0 spiro atoms. The molecule has 0 amide bonds. The van der Waals surface area contributed by atoms with Crippen LogP contribution in [0.25, 0.3) is 60.5 Å². The first-order chi connectivity index (χ1) is 30.3. The Kier molecular flexibility index (Phi) is 8.11. The lowest BCUT2D eigenvalue weighted by atomic mass is 9.67. The summed E-state index contributed by atoms with van der Waals surface area (Å²) in [6.07, 6.45) is 0. The molecular formula is C59H40N2. The summed E-state index contributed by atoms with van der Waals surface area (Å²) in [5.41, 5.74) is 16.6. The van der Waals surface area contributed by atoms with Crippen LogP contribution in [0.5, 0.6) is 0 Å². The average molecular weight is 777 g/mol. The van der Waals surface area contributed by atoms with Crippen LogP contribution in [0.1, 0.15) is 22.3 Å². The van der Waals surface area contributed by atoms with Gasteiger partial charge in [-0.3, -0.25) is 0 Å². The smallest absolute Gasteiger partial charge is 0.0714 e. The molecule has 11 aromatic rings. The maximum atomic E-state index is 2.46. The Morgan fingerprint density at radius 1 is 0.344 bits per heavy atom. The van der Waals surface area contributed by atoms with Crippen LogP contribution in [-0.4, -0.2) is 4.57 Å². The van der Waals surface area contributed by atoms with Crippen LogP contribution in [-0.2, 0) is 5.41 Å². The van der Waals surface area contributed by atoms with Crippen LogP contribution in [0.3, 0.4) is 0 Å². The first-order valence-electron chi connectivity index (χ1n) is 21.1. The van der Waals surface area contributed by atoms with E-state index in [-0.39, 0.29) is 0 Å². The van der Waals surface area contributed by atoms with Gasteiger partial charge in [0, 0.05) is 33.2 Å². The quantitative estimate of drug-likeness (QED) is 0.156. The minimum atomic E-state index is -0.466. The highest BCUT2D eigenvalue weighted by Crippen LogP contribution is 2.56. The number of hydrogen-bond acceptors (Lipinski definition) is 1. The molecule has 0 aliphatic heterocycles. The third kappa shape index (κ3) is 5.43. The summed E-state index contributed by atoms with van der Waals surface area (Å²) >= 11 is 0. The van der Waals surface area contributed by atoms with E-state index < -0.39 is 5.41 Å². The second kappa shape index (κ2) is 14.1. The van der Waals surface area contributed by atoms with Gasteiger partial charge in [0.1, 0.15) is 0 Å². The molecule has 0 N–H and O–H groups in total. The summed E-state index contributed by atoms with van der Waals surface area (Å²) in [7, 11) is 0. The minimum absolute atomic E-state index is 0.466. The molecule has 0 bridgehead atoms. The van der Waals surface area contributed by atoms with Gasteiger partial charge in [-0.15, -0.1) is 0 Å². The zero-order chi connectivity index (χ0) is 40.3. The minimum Gasteiger partial charge on any atom is -0.310 e. The van der Waals surface area contributed by atoms with Crippen LogP contribution in [0.2, 0.25) is 0 Å². The summed E-state index contributed by atoms with van der Waals surface area (Å²) in [5.74, 6) is 0. The molecule has 0 atom stereocenters. The number of hydrogen-bond donors (Lipinski definition) is 0. The van der Waals surface area contributed by atoms with Gasteiger partial charge in [-0.2, -0.15) is 0 Å². The normalized spacial score (nSPS) is 12.7. The highest BCUT2D eigenvalue weighted by Gasteiger charge is 2.46. The summed E-state index contributed by atoms with van der Waals surface area (Å²) in [6, 6.07) is 88.9. The zero-order valence-corrected chi connectivity index (χ0v) is 33.5. The molecule has 61 heavy (non-hydrogen) atoms. The third-order valence-corrected chi connectivity index (χ3v) is 12.9. The molecule has 10 aromatic carbocycles. The first kappa shape index (κ1) is 35.0. The summed E-state index contributed by atoms with van der Waals surface area (Å²) in [6.45, 7) is 0. The predicted molar refractivity (Wildman–Crippen MR) is 256 cm³/mol.